The molecule has 0 aliphatic carbocycles. The second-order valence-electron chi connectivity index (χ2n) is 4.90. The molecule has 2 amide bonds. The van der Waals surface area contributed by atoms with Crippen molar-refractivity contribution in [2.45, 2.75) is 25.9 Å². The van der Waals surface area contributed by atoms with Crippen molar-refractivity contribution < 1.29 is 19.1 Å². The standard InChI is InChI=1S/C15H18N2O4/c1-10(18)11-4-2-5-12(8-11)17-14(19)9-16-15(20)13-6-3-7-21-13/h2,4-5,8,13H,3,6-7,9H2,1H3,(H,16,20)(H,17,19). The van der Waals surface area contributed by atoms with E-state index in [1.54, 1.807) is 24.3 Å². The molecule has 0 bridgehead atoms. The van der Waals surface area contributed by atoms with Gasteiger partial charge in [-0.3, -0.25) is 14.4 Å². The molecule has 0 spiro atoms. The van der Waals surface area contributed by atoms with Crippen LogP contribution in [-0.4, -0.2) is 36.9 Å². The smallest absolute Gasteiger partial charge is 0.249 e. The zero-order chi connectivity index (χ0) is 15.2. The first kappa shape index (κ1) is 15.2. The zero-order valence-corrected chi connectivity index (χ0v) is 11.8. The van der Waals surface area contributed by atoms with Crippen LogP contribution in [0.2, 0.25) is 0 Å². The highest BCUT2D eigenvalue weighted by atomic mass is 16.5. The van der Waals surface area contributed by atoms with Crippen LogP contribution in [0.1, 0.15) is 30.1 Å². The van der Waals surface area contributed by atoms with Crippen molar-refractivity contribution in [1.29, 1.82) is 0 Å². The molecule has 1 unspecified atom stereocenters. The molecule has 21 heavy (non-hydrogen) atoms. The highest BCUT2D eigenvalue weighted by Gasteiger charge is 2.23. The second kappa shape index (κ2) is 6.99. The third-order valence-corrected chi connectivity index (χ3v) is 3.20. The van der Waals surface area contributed by atoms with Crippen LogP contribution in [0.15, 0.2) is 24.3 Å². The van der Waals surface area contributed by atoms with E-state index in [4.69, 9.17) is 4.74 Å². The summed E-state index contributed by atoms with van der Waals surface area (Å²) in [6.45, 7) is 1.92. The third kappa shape index (κ3) is 4.39. The number of hydrogen-bond donors (Lipinski definition) is 2. The van der Waals surface area contributed by atoms with E-state index >= 15 is 0 Å². The van der Waals surface area contributed by atoms with Gasteiger partial charge in [0.2, 0.25) is 11.8 Å². The lowest BCUT2D eigenvalue weighted by atomic mass is 10.1. The zero-order valence-electron chi connectivity index (χ0n) is 11.8. The van der Waals surface area contributed by atoms with Crippen LogP contribution in [-0.2, 0) is 14.3 Å². The summed E-state index contributed by atoms with van der Waals surface area (Å²) in [5.41, 5.74) is 1.05. The molecule has 1 fully saturated rings. The van der Waals surface area contributed by atoms with Gasteiger partial charge in [-0.1, -0.05) is 12.1 Å². The van der Waals surface area contributed by atoms with E-state index in [9.17, 15) is 14.4 Å². The van der Waals surface area contributed by atoms with Crippen molar-refractivity contribution in [2.75, 3.05) is 18.5 Å². The molecule has 6 nitrogen and oxygen atoms in total. The largest absolute Gasteiger partial charge is 0.368 e. The molecule has 1 aromatic rings. The van der Waals surface area contributed by atoms with Gasteiger partial charge in [0.05, 0.1) is 6.54 Å². The van der Waals surface area contributed by atoms with Crippen molar-refractivity contribution in [2.24, 2.45) is 0 Å². The van der Waals surface area contributed by atoms with E-state index in [0.29, 0.717) is 24.3 Å². The average molecular weight is 290 g/mol. The lowest BCUT2D eigenvalue weighted by Gasteiger charge is -2.11. The number of anilines is 1. The summed E-state index contributed by atoms with van der Waals surface area (Å²) in [6, 6.07) is 6.66. The average Bonchev–Trinajstić information content (AvgIpc) is 2.99. The Labute approximate surface area is 122 Å². The second-order valence-corrected chi connectivity index (χ2v) is 4.90. The van der Waals surface area contributed by atoms with Gasteiger partial charge >= 0.3 is 0 Å². The van der Waals surface area contributed by atoms with Crippen LogP contribution >= 0.6 is 0 Å². The summed E-state index contributed by atoms with van der Waals surface area (Å²) in [7, 11) is 0. The van der Waals surface area contributed by atoms with E-state index in [-0.39, 0.29) is 24.1 Å². The van der Waals surface area contributed by atoms with Crippen molar-refractivity contribution in [3.05, 3.63) is 29.8 Å². The monoisotopic (exact) mass is 290 g/mol. The molecular formula is C15H18N2O4. The van der Waals surface area contributed by atoms with Crippen molar-refractivity contribution in [3.63, 3.8) is 0 Å². The summed E-state index contributed by atoms with van der Waals surface area (Å²) in [4.78, 5) is 34.7. The van der Waals surface area contributed by atoms with Crippen LogP contribution < -0.4 is 10.6 Å². The summed E-state index contributed by atoms with van der Waals surface area (Å²) in [5, 5.41) is 5.18. The lowest BCUT2D eigenvalue weighted by Crippen LogP contribution is -2.39. The Hall–Kier alpha value is -2.21. The SMILES string of the molecule is CC(=O)c1cccc(NC(=O)CNC(=O)C2CCCO2)c1. The number of Topliss-reactive ketones (excluding diaryl/α,β-unsaturated/α-hetero) is 1. The van der Waals surface area contributed by atoms with Gasteiger partial charge < -0.3 is 15.4 Å². The predicted molar refractivity (Wildman–Crippen MR) is 77.1 cm³/mol. The van der Waals surface area contributed by atoms with Crippen molar-refractivity contribution in [1.82, 2.24) is 5.32 Å². The molecular weight excluding hydrogens is 272 g/mol. The summed E-state index contributed by atoms with van der Waals surface area (Å²) < 4.78 is 5.23. The van der Waals surface area contributed by atoms with Gasteiger partial charge in [0.15, 0.2) is 5.78 Å². The number of nitrogens with one attached hydrogen (secondary N) is 2. The number of carbonyl (C=O) groups is 3. The Balaban J connectivity index is 1.82. The molecule has 2 rings (SSSR count). The van der Waals surface area contributed by atoms with Crippen LogP contribution in [0, 0.1) is 0 Å². The van der Waals surface area contributed by atoms with Gasteiger partial charge in [0.1, 0.15) is 6.10 Å². The number of ether oxygens (including phenoxy) is 1. The lowest BCUT2D eigenvalue weighted by molar-refractivity contribution is -0.131. The first-order valence-corrected chi connectivity index (χ1v) is 6.86. The predicted octanol–water partition coefficient (Wildman–Crippen LogP) is 1.12. The Morgan fingerprint density at radius 2 is 2.14 bits per heavy atom. The quantitative estimate of drug-likeness (QED) is 0.796. The van der Waals surface area contributed by atoms with E-state index in [1.165, 1.54) is 6.92 Å². The van der Waals surface area contributed by atoms with Crippen molar-refractivity contribution in [3.8, 4) is 0 Å². The molecule has 1 aliphatic heterocycles. The molecule has 1 heterocycles. The molecule has 1 saturated heterocycles. The minimum atomic E-state index is -0.446. The Kier molecular flexibility index (Phi) is 5.05. The van der Waals surface area contributed by atoms with E-state index in [2.05, 4.69) is 10.6 Å². The highest BCUT2D eigenvalue weighted by molar-refractivity contribution is 5.98. The molecule has 0 aromatic heterocycles. The normalized spacial score (nSPS) is 17.3. The van der Waals surface area contributed by atoms with Gasteiger partial charge in [-0.15, -0.1) is 0 Å². The molecule has 112 valence electrons. The van der Waals surface area contributed by atoms with Gasteiger partial charge in [0, 0.05) is 17.9 Å². The maximum atomic E-state index is 11.8. The molecule has 0 radical (unpaired) electrons. The molecule has 1 atom stereocenters. The topological polar surface area (TPSA) is 84.5 Å². The summed E-state index contributed by atoms with van der Waals surface area (Å²) in [5.74, 6) is -0.681. The van der Waals surface area contributed by atoms with Gasteiger partial charge in [-0.25, -0.2) is 0 Å². The van der Waals surface area contributed by atoms with Crippen molar-refractivity contribution >= 4 is 23.3 Å². The molecule has 1 aromatic carbocycles. The third-order valence-electron chi connectivity index (χ3n) is 3.20. The number of benzene rings is 1. The summed E-state index contributed by atoms with van der Waals surface area (Å²) >= 11 is 0. The van der Waals surface area contributed by atoms with E-state index in [1.807, 2.05) is 0 Å². The molecule has 0 saturated carbocycles. The minimum absolute atomic E-state index is 0.0715. The van der Waals surface area contributed by atoms with Gasteiger partial charge in [0.25, 0.3) is 0 Å². The first-order chi connectivity index (χ1) is 10.1. The van der Waals surface area contributed by atoms with Crippen LogP contribution in [0.3, 0.4) is 0 Å². The fourth-order valence-electron chi connectivity index (χ4n) is 2.09. The van der Waals surface area contributed by atoms with E-state index in [0.717, 1.165) is 6.42 Å². The number of amides is 2. The number of rotatable bonds is 5. The Morgan fingerprint density at radius 3 is 2.81 bits per heavy atom. The number of carbonyl (C=O) groups excluding carboxylic acids is 3. The Morgan fingerprint density at radius 1 is 1.33 bits per heavy atom. The Bertz CT molecular complexity index is 550. The fraction of sp³-hybridized carbons (Fsp3) is 0.400. The summed E-state index contributed by atoms with van der Waals surface area (Å²) in [6.07, 6.45) is 1.11. The maximum absolute atomic E-state index is 11.8. The van der Waals surface area contributed by atoms with Gasteiger partial charge in [-0.05, 0) is 31.9 Å². The van der Waals surface area contributed by atoms with Crippen LogP contribution in [0.25, 0.3) is 0 Å². The fourth-order valence-corrected chi connectivity index (χ4v) is 2.09. The minimum Gasteiger partial charge on any atom is -0.368 e. The first-order valence-electron chi connectivity index (χ1n) is 6.86. The molecule has 2 N–H and O–H groups in total. The number of ketones is 1. The van der Waals surface area contributed by atoms with E-state index < -0.39 is 6.10 Å². The molecule has 6 heteroatoms. The van der Waals surface area contributed by atoms with Crippen LogP contribution in [0.5, 0.6) is 0 Å². The van der Waals surface area contributed by atoms with Crippen LogP contribution in [0.4, 0.5) is 5.69 Å². The maximum Gasteiger partial charge on any atom is 0.249 e. The number of hydrogen-bond acceptors (Lipinski definition) is 4. The molecule has 1 aliphatic rings. The van der Waals surface area contributed by atoms with Gasteiger partial charge in [-0.2, -0.15) is 0 Å². The highest BCUT2D eigenvalue weighted by Crippen LogP contribution is 2.12.